The van der Waals surface area contributed by atoms with Crippen molar-refractivity contribution in [2.24, 2.45) is 0 Å². The van der Waals surface area contributed by atoms with Crippen LogP contribution in [0, 0.1) is 10.1 Å². The van der Waals surface area contributed by atoms with Gasteiger partial charge in [-0.1, -0.05) is 29.8 Å². The minimum atomic E-state index is -0.451. The second kappa shape index (κ2) is 4.33. The van der Waals surface area contributed by atoms with Crippen molar-refractivity contribution in [3.8, 4) is 11.4 Å². The SMILES string of the molecule is O=[N+]([O-])c1ccccc1-c1nnc2cccc(Cl)n12. The van der Waals surface area contributed by atoms with Crippen LogP contribution in [0.1, 0.15) is 0 Å². The number of nitro benzene ring substituents is 1. The van der Waals surface area contributed by atoms with E-state index >= 15 is 0 Å². The third-order valence-electron chi connectivity index (χ3n) is 2.72. The van der Waals surface area contributed by atoms with Crippen LogP contribution >= 0.6 is 11.6 Å². The van der Waals surface area contributed by atoms with Crippen LogP contribution in [0.4, 0.5) is 5.69 Å². The number of benzene rings is 1. The number of fused-ring (bicyclic) bond motifs is 1. The molecule has 0 N–H and O–H groups in total. The number of nitrogens with zero attached hydrogens (tertiary/aromatic N) is 4. The normalized spacial score (nSPS) is 10.8. The first-order chi connectivity index (χ1) is 9.18. The minimum absolute atomic E-state index is 0.0308. The number of aromatic nitrogens is 3. The summed E-state index contributed by atoms with van der Waals surface area (Å²) in [4.78, 5) is 10.6. The first-order valence-electron chi connectivity index (χ1n) is 5.42. The number of hydrogen-bond acceptors (Lipinski definition) is 4. The lowest BCUT2D eigenvalue weighted by Gasteiger charge is -2.02. The fraction of sp³-hybridized carbons (Fsp3) is 0. The standard InChI is InChI=1S/C12H7ClN4O2/c13-10-6-3-7-11-14-15-12(16(10)11)8-4-1-2-5-9(8)17(18)19/h1-7H. The molecule has 0 radical (unpaired) electrons. The third kappa shape index (κ3) is 1.82. The second-order valence-electron chi connectivity index (χ2n) is 3.84. The average Bonchev–Trinajstić information content (AvgIpc) is 2.84. The number of rotatable bonds is 2. The molecule has 0 bridgehead atoms. The molecule has 0 atom stereocenters. The Hall–Kier alpha value is -2.47. The molecule has 1 aromatic carbocycles. The predicted molar refractivity (Wildman–Crippen MR) is 70.1 cm³/mol. The van der Waals surface area contributed by atoms with Crippen LogP contribution in [0.5, 0.6) is 0 Å². The molecule has 3 aromatic rings. The molecular formula is C12H7ClN4O2. The van der Waals surface area contributed by atoms with Gasteiger partial charge in [0.15, 0.2) is 11.5 Å². The van der Waals surface area contributed by atoms with Gasteiger partial charge >= 0.3 is 0 Å². The number of nitro groups is 1. The van der Waals surface area contributed by atoms with Crippen molar-refractivity contribution < 1.29 is 4.92 Å². The highest BCUT2D eigenvalue weighted by Gasteiger charge is 2.19. The summed E-state index contributed by atoms with van der Waals surface area (Å²) in [5.74, 6) is 0.355. The summed E-state index contributed by atoms with van der Waals surface area (Å²) in [6, 6.07) is 11.5. The lowest BCUT2D eigenvalue weighted by Crippen LogP contribution is -1.96. The molecule has 6 nitrogen and oxygen atoms in total. The van der Waals surface area contributed by atoms with E-state index in [9.17, 15) is 10.1 Å². The Labute approximate surface area is 112 Å². The topological polar surface area (TPSA) is 73.3 Å². The molecule has 0 spiro atoms. The van der Waals surface area contributed by atoms with Gasteiger partial charge < -0.3 is 0 Å². The monoisotopic (exact) mass is 274 g/mol. The molecule has 7 heteroatoms. The molecule has 0 unspecified atom stereocenters. The highest BCUT2D eigenvalue weighted by molar-refractivity contribution is 6.29. The van der Waals surface area contributed by atoms with E-state index in [0.717, 1.165) is 0 Å². The Morgan fingerprint density at radius 3 is 2.68 bits per heavy atom. The number of pyridine rings is 1. The van der Waals surface area contributed by atoms with E-state index in [1.54, 1.807) is 40.8 Å². The minimum Gasteiger partial charge on any atom is -0.265 e. The fourth-order valence-electron chi connectivity index (χ4n) is 1.90. The zero-order valence-corrected chi connectivity index (χ0v) is 10.3. The summed E-state index contributed by atoms with van der Waals surface area (Å²) < 4.78 is 1.57. The van der Waals surface area contributed by atoms with E-state index in [-0.39, 0.29) is 5.69 Å². The van der Waals surface area contributed by atoms with Crippen molar-refractivity contribution in [2.75, 3.05) is 0 Å². The summed E-state index contributed by atoms with van der Waals surface area (Å²) in [5, 5.41) is 19.4. The van der Waals surface area contributed by atoms with Gasteiger partial charge in [0.1, 0.15) is 5.15 Å². The zero-order chi connectivity index (χ0) is 13.4. The number of para-hydroxylation sites is 1. The van der Waals surface area contributed by atoms with Crippen LogP contribution in [0.25, 0.3) is 17.0 Å². The molecule has 0 aliphatic carbocycles. The maximum absolute atomic E-state index is 11.1. The molecule has 0 amide bonds. The smallest absolute Gasteiger partial charge is 0.265 e. The molecule has 0 aliphatic heterocycles. The first kappa shape index (κ1) is 11.6. The predicted octanol–water partition coefficient (Wildman–Crippen LogP) is 2.96. The Morgan fingerprint density at radius 1 is 1.11 bits per heavy atom. The molecular weight excluding hydrogens is 268 g/mol. The van der Waals surface area contributed by atoms with Gasteiger partial charge in [-0.25, -0.2) is 0 Å². The van der Waals surface area contributed by atoms with Gasteiger partial charge in [-0.3, -0.25) is 14.5 Å². The molecule has 0 fully saturated rings. The van der Waals surface area contributed by atoms with Crippen molar-refractivity contribution in [1.82, 2.24) is 14.6 Å². The Kier molecular flexibility index (Phi) is 2.64. The average molecular weight is 275 g/mol. The molecule has 19 heavy (non-hydrogen) atoms. The zero-order valence-electron chi connectivity index (χ0n) is 9.52. The van der Waals surface area contributed by atoms with Gasteiger partial charge in [0.2, 0.25) is 0 Å². The molecule has 0 saturated heterocycles. The van der Waals surface area contributed by atoms with Gasteiger partial charge in [0.05, 0.1) is 10.5 Å². The second-order valence-corrected chi connectivity index (χ2v) is 4.23. The Bertz CT molecular complexity index is 784. The van der Waals surface area contributed by atoms with E-state index in [2.05, 4.69) is 10.2 Å². The fourth-order valence-corrected chi connectivity index (χ4v) is 2.14. The van der Waals surface area contributed by atoms with Crippen molar-refractivity contribution in [2.45, 2.75) is 0 Å². The maximum atomic E-state index is 11.1. The van der Waals surface area contributed by atoms with Crippen LogP contribution in [-0.4, -0.2) is 19.5 Å². The molecule has 2 aromatic heterocycles. The van der Waals surface area contributed by atoms with Crippen LogP contribution < -0.4 is 0 Å². The van der Waals surface area contributed by atoms with Crippen molar-refractivity contribution in [3.63, 3.8) is 0 Å². The molecule has 94 valence electrons. The van der Waals surface area contributed by atoms with Crippen LogP contribution in [0.15, 0.2) is 42.5 Å². The lowest BCUT2D eigenvalue weighted by molar-refractivity contribution is -0.384. The Balaban J connectivity index is 2.34. The maximum Gasteiger partial charge on any atom is 0.280 e. The highest BCUT2D eigenvalue weighted by atomic mass is 35.5. The molecule has 3 rings (SSSR count). The highest BCUT2D eigenvalue weighted by Crippen LogP contribution is 2.29. The quantitative estimate of drug-likeness (QED) is 0.409. The van der Waals surface area contributed by atoms with Crippen LogP contribution in [0.2, 0.25) is 5.15 Å². The summed E-state index contributed by atoms with van der Waals surface area (Å²) in [6.45, 7) is 0. The lowest BCUT2D eigenvalue weighted by atomic mass is 10.1. The number of hydrogen-bond donors (Lipinski definition) is 0. The third-order valence-corrected chi connectivity index (χ3v) is 3.02. The molecule has 0 saturated carbocycles. The van der Waals surface area contributed by atoms with E-state index in [1.807, 2.05) is 0 Å². The van der Waals surface area contributed by atoms with E-state index < -0.39 is 4.92 Å². The van der Waals surface area contributed by atoms with Gasteiger partial charge in [-0.05, 0) is 18.2 Å². The summed E-state index contributed by atoms with van der Waals surface area (Å²) in [5.41, 5.74) is 0.894. The van der Waals surface area contributed by atoms with Gasteiger partial charge in [-0.15, -0.1) is 10.2 Å². The van der Waals surface area contributed by atoms with Gasteiger partial charge in [-0.2, -0.15) is 0 Å². The van der Waals surface area contributed by atoms with E-state index in [4.69, 9.17) is 11.6 Å². The van der Waals surface area contributed by atoms with Crippen molar-refractivity contribution >= 4 is 22.9 Å². The first-order valence-corrected chi connectivity index (χ1v) is 5.80. The van der Waals surface area contributed by atoms with Crippen molar-refractivity contribution in [3.05, 3.63) is 57.7 Å². The van der Waals surface area contributed by atoms with E-state index in [0.29, 0.717) is 22.2 Å². The molecule has 2 heterocycles. The van der Waals surface area contributed by atoms with Gasteiger partial charge in [0, 0.05) is 6.07 Å². The molecule has 0 aliphatic rings. The van der Waals surface area contributed by atoms with Gasteiger partial charge in [0.25, 0.3) is 5.69 Å². The van der Waals surface area contributed by atoms with E-state index in [1.165, 1.54) is 6.07 Å². The van der Waals surface area contributed by atoms with Crippen LogP contribution in [-0.2, 0) is 0 Å². The summed E-state index contributed by atoms with van der Waals surface area (Å²) >= 11 is 6.10. The van der Waals surface area contributed by atoms with Crippen molar-refractivity contribution in [1.29, 1.82) is 0 Å². The van der Waals surface area contributed by atoms with Crippen LogP contribution in [0.3, 0.4) is 0 Å². The summed E-state index contributed by atoms with van der Waals surface area (Å²) in [6.07, 6.45) is 0. The summed E-state index contributed by atoms with van der Waals surface area (Å²) in [7, 11) is 0. The Morgan fingerprint density at radius 2 is 1.89 bits per heavy atom. The number of halogens is 1. The largest absolute Gasteiger partial charge is 0.280 e.